The Hall–Kier alpha value is -3.50. The molecule has 2 aliphatic rings. The average molecular weight is 748 g/mol. The van der Waals surface area contributed by atoms with Crippen LogP contribution in [-0.2, 0) is 35.9 Å². The van der Waals surface area contributed by atoms with Gasteiger partial charge < -0.3 is 28.8 Å². The fraction of sp³-hybridized carbons (Fsp3) is 0.556. The minimum absolute atomic E-state index is 0.113. The summed E-state index contributed by atoms with van der Waals surface area (Å²) in [6, 6.07) is 12.5. The number of aryl methyl sites for hydroxylation is 1. The van der Waals surface area contributed by atoms with E-state index >= 15 is 0 Å². The lowest BCUT2D eigenvalue weighted by molar-refractivity contribution is -0.0329. The Labute approximate surface area is 300 Å². The summed E-state index contributed by atoms with van der Waals surface area (Å²) in [5.74, 6) is 0.266. The molecule has 280 valence electrons. The van der Waals surface area contributed by atoms with Crippen LogP contribution in [0, 0.1) is 0 Å². The van der Waals surface area contributed by atoms with Gasteiger partial charge >= 0.3 is 6.09 Å². The number of aliphatic hydroxyl groups excluding tert-OH is 1. The van der Waals surface area contributed by atoms with Crippen LogP contribution >= 0.6 is 0 Å². The molecule has 1 amide bonds. The van der Waals surface area contributed by atoms with E-state index in [0.29, 0.717) is 36.7 Å². The van der Waals surface area contributed by atoms with Crippen molar-refractivity contribution in [1.82, 2.24) is 13.8 Å². The molecule has 0 bridgehead atoms. The number of rotatable bonds is 11. The Balaban J connectivity index is 1.27. The first-order valence-corrected chi connectivity index (χ1v) is 20.3. The number of piperidine rings is 1. The van der Waals surface area contributed by atoms with E-state index in [4.69, 9.17) is 14.2 Å². The first-order valence-electron chi connectivity index (χ1n) is 17.3. The quantitative estimate of drug-likeness (QED) is 0.301. The van der Waals surface area contributed by atoms with Gasteiger partial charge in [-0.1, -0.05) is 18.2 Å². The molecule has 0 radical (unpaired) electrons. The smallest absolute Gasteiger partial charge is 0.410 e. The van der Waals surface area contributed by atoms with Gasteiger partial charge in [0.15, 0.2) is 9.84 Å². The Bertz CT molecular complexity index is 2010. The zero-order valence-corrected chi connectivity index (χ0v) is 31.7. The van der Waals surface area contributed by atoms with Crippen molar-refractivity contribution in [3.8, 4) is 5.75 Å². The van der Waals surface area contributed by atoms with Crippen molar-refractivity contribution in [3.63, 3.8) is 0 Å². The van der Waals surface area contributed by atoms with E-state index in [1.54, 1.807) is 69.5 Å². The monoisotopic (exact) mass is 747 g/mol. The summed E-state index contributed by atoms with van der Waals surface area (Å²) in [6.07, 6.45) is 0.719. The van der Waals surface area contributed by atoms with Gasteiger partial charge in [-0.25, -0.2) is 21.6 Å². The maximum absolute atomic E-state index is 13.8. The Morgan fingerprint density at radius 3 is 2.41 bits per heavy atom. The van der Waals surface area contributed by atoms with Gasteiger partial charge in [0, 0.05) is 31.2 Å². The highest BCUT2D eigenvalue weighted by Gasteiger charge is 2.48. The van der Waals surface area contributed by atoms with Crippen molar-refractivity contribution in [2.75, 3.05) is 32.8 Å². The number of sulfone groups is 1. The number of pyridine rings is 1. The molecule has 2 saturated heterocycles. The van der Waals surface area contributed by atoms with Gasteiger partial charge in [-0.2, -0.15) is 4.31 Å². The number of benzene rings is 2. The number of carbonyl (C=O) groups excluding carboxylic acids is 1. The second-order valence-corrected chi connectivity index (χ2v) is 19.0. The summed E-state index contributed by atoms with van der Waals surface area (Å²) in [7, 11) is -7.63. The lowest BCUT2D eigenvalue weighted by Crippen LogP contribution is -2.50. The molecule has 2 fully saturated rings. The molecule has 3 aromatic rings. The second-order valence-electron chi connectivity index (χ2n) is 14.5. The third kappa shape index (κ3) is 8.43. The molecule has 1 spiro atoms. The van der Waals surface area contributed by atoms with Crippen LogP contribution in [0.5, 0.6) is 5.75 Å². The minimum Gasteiger partial charge on any atom is -0.491 e. The van der Waals surface area contributed by atoms with Gasteiger partial charge in [-0.3, -0.25) is 4.79 Å². The number of hydrogen-bond acceptors (Lipinski definition) is 10. The average Bonchev–Trinajstić information content (AvgIpc) is 3.48. The molecule has 2 aliphatic heterocycles. The number of aromatic nitrogens is 1. The summed E-state index contributed by atoms with van der Waals surface area (Å²) in [6.45, 7) is 10.8. The number of fused-ring (bicyclic) bond motifs is 1. The summed E-state index contributed by atoms with van der Waals surface area (Å²) in [4.78, 5) is 28.1. The van der Waals surface area contributed by atoms with Crippen molar-refractivity contribution in [2.45, 2.75) is 106 Å². The van der Waals surface area contributed by atoms with Crippen LogP contribution in [0.25, 0.3) is 10.9 Å². The molecular formula is C36H49N3O10S2. The third-order valence-electron chi connectivity index (χ3n) is 9.41. The standard InChI is InChI=1S/C36H49N3O10S2/c1-7-37-22-32(33(41)30-13-8-9-14-31(30)37)51(45,46)38-17-15-36(16-18-38)20-26(23-48-36)39(34(42)49-35(4,5)6)21-27(40)24-47-28-11-10-12-29(19-28)50(43,44)25(2)3/h8-14,19,22,25-27,40H,7,15-18,20-21,23-24H2,1-6H3/t26-,27+/m1/s1. The molecule has 15 heteroatoms. The van der Waals surface area contributed by atoms with Crippen LogP contribution in [0.3, 0.4) is 0 Å². The molecule has 0 unspecified atom stereocenters. The molecule has 0 aliphatic carbocycles. The van der Waals surface area contributed by atoms with Crippen LogP contribution in [0.1, 0.15) is 60.8 Å². The summed E-state index contributed by atoms with van der Waals surface area (Å²) in [5, 5.41) is 10.8. The van der Waals surface area contributed by atoms with E-state index in [9.17, 15) is 31.5 Å². The van der Waals surface area contributed by atoms with Crippen LogP contribution < -0.4 is 10.2 Å². The number of amides is 1. The van der Waals surface area contributed by atoms with Crippen molar-refractivity contribution in [2.24, 2.45) is 0 Å². The van der Waals surface area contributed by atoms with E-state index < -0.39 is 60.0 Å². The lowest BCUT2D eigenvalue weighted by Gasteiger charge is -2.38. The zero-order valence-electron chi connectivity index (χ0n) is 30.1. The van der Waals surface area contributed by atoms with E-state index in [-0.39, 0.29) is 48.4 Å². The van der Waals surface area contributed by atoms with Gasteiger partial charge in [-0.05, 0) is 91.1 Å². The SMILES string of the molecule is CCn1cc(S(=O)(=O)N2CCC3(CC2)C[C@@H](N(C[C@H](O)COc2cccc(S(=O)(=O)C(C)C)c2)C(=O)OC(C)(C)C)CO3)c(=O)c2ccccc21. The first-order chi connectivity index (χ1) is 23.9. The topological polar surface area (TPSA) is 162 Å². The summed E-state index contributed by atoms with van der Waals surface area (Å²) < 4.78 is 73.8. The lowest BCUT2D eigenvalue weighted by atomic mass is 9.88. The van der Waals surface area contributed by atoms with Crippen LogP contribution in [0.4, 0.5) is 4.79 Å². The predicted octanol–water partition coefficient (Wildman–Crippen LogP) is 4.19. The molecule has 13 nitrogen and oxygen atoms in total. The molecule has 0 saturated carbocycles. The Morgan fingerprint density at radius 2 is 1.76 bits per heavy atom. The van der Waals surface area contributed by atoms with Gasteiger partial charge in [0.25, 0.3) is 0 Å². The third-order valence-corrected chi connectivity index (χ3v) is 13.5. The number of carbonyl (C=O) groups is 1. The molecule has 51 heavy (non-hydrogen) atoms. The second kappa shape index (κ2) is 14.9. The summed E-state index contributed by atoms with van der Waals surface area (Å²) in [5.41, 5.74) is -1.39. The maximum Gasteiger partial charge on any atom is 0.410 e. The predicted molar refractivity (Wildman–Crippen MR) is 192 cm³/mol. The number of nitrogens with zero attached hydrogens (tertiary/aromatic N) is 3. The number of para-hydroxylation sites is 1. The Morgan fingerprint density at radius 1 is 1.08 bits per heavy atom. The molecular weight excluding hydrogens is 699 g/mol. The van der Waals surface area contributed by atoms with E-state index in [1.807, 2.05) is 13.0 Å². The Kier molecular flexibility index (Phi) is 11.3. The molecule has 2 atom stereocenters. The number of sulfonamides is 1. The van der Waals surface area contributed by atoms with E-state index in [1.165, 1.54) is 27.5 Å². The number of ether oxygens (including phenoxy) is 3. The highest BCUT2D eigenvalue weighted by molar-refractivity contribution is 7.92. The van der Waals surface area contributed by atoms with Gasteiger partial charge in [-0.15, -0.1) is 0 Å². The molecule has 2 aromatic carbocycles. The number of hydrogen-bond donors (Lipinski definition) is 1. The van der Waals surface area contributed by atoms with Gasteiger partial charge in [0.1, 0.15) is 29.0 Å². The largest absolute Gasteiger partial charge is 0.491 e. The molecule has 3 heterocycles. The molecule has 1 N–H and O–H groups in total. The molecule has 1 aromatic heterocycles. The number of aliphatic hydroxyl groups is 1. The van der Waals surface area contributed by atoms with Gasteiger partial charge in [0.05, 0.1) is 40.5 Å². The fourth-order valence-corrected chi connectivity index (χ4v) is 9.22. The van der Waals surface area contributed by atoms with Crippen molar-refractivity contribution >= 4 is 36.9 Å². The van der Waals surface area contributed by atoms with Crippen molar-refractivity contribution < 1.29 is 40.9 Å². The maximum atomic E-state index is 13.8. The minimum atomic E-state index is -4.11. The zero-order chi connectivity index (χ0) is 37.4. The normalized spacial score (nSPS) is 19.0. The van der Waals surface area contributed by atoms with E-state index in [0.717, 1.165) is 0 Å². The van der Waals surface area contributed by atoms with Crippen LogP contribution in [0.15, 0.2) is 69.3 Å². The van der Waals surface area contributed by atoms with Crippen molar-refractivity contribution in [3.05, 3.63) is 65.0 Å². The van der Waals surface area contributed by atoms with Gasteiger partial charge in [0.2, 0.25) is 15.5 Å². The van der Waals surface area contributed by atoms with E-state index in [2.05, 4.69) is 0 Å². The molecule has 5 rings (SSSR count). The summed E-state index contributed by atoms with van der Waals surface area (Å²) >= 11 is 0. The van der Waals surface area contributed by atoms with Crippen molar-refractivity contribution in [1.29, 1.82) is 0 Å². The highest BCUT2D eigenvalue weighted by Crippen LogP contribution is 2.39. The van der Waals surface area contributed by atoms with Crippen LogP contribution in [-0.4, -0.2) is 103 Å². The fourth-order valence-electron chi connectivity index (χ4n) is 6.58. The first kappa shape index (κ1) is 38.7. The van der Waals surface area contributed by atoms with Crippen LogP contribution in [0.2, 0.25) is 0 Å². The highest BCUT2D eigenvalue weighted by atomic mass is 32.2.